The Labute approximate surface area is 183 Å². The Hall–Kier alpha value is -2.83. The van der Waals surface area contributed by atoms with Crippen LogP contribution in [0.1, 0.15) is 56.6 Å². The molecule has 2 fully saturated rings. The van der Waals surface area contributed by atoms with Gasteiger partial charge in [-0.1, -0.05) is 13.8 Å². The SMILES string of the molecule is COc1cc2c(cc1OCC1CC1)NC(=O)C21CCN(c2ncc(C(C)C)cn2)CC1. The summed E-state index contributed by atoms with van der Waals surface area (Å²) in [5, 5.41) is 3.10. The van der Waals surface area contributed by atoms with Crippen molar-refractivity contribution in [3.8, 4) is 11.5 Å². The van der Waals surface area contributed by atoms with Crippen LogP contribution in [0.5, 0.6) is 11.5 Å². The standard InChI is InChI=1S/C24H30N4O3/c1-15(2)17-12-25-23(26-13-17)28-8-6-24(7-9-28)18-10-20(30-3)21(31-14-16-4-5-16)11-19(18)27-22(24)29/h10-13,15-16H,4-9,14H2,1-3H3,(H,27,29). The normalized spacial score (nSPS) is 19.5. The van der Waals surface area contributed by atoms with Crippen LogP contribution in [0.4, 0.5) is 11.6 Å². The Morgan fingerprint density at radius 2 is 1.87 bits per heavy atom. The maximum absolute atomic E-state index is 13.1. The van der Waals surface area contributed by atoms with Crippen LogP contribution < -0.4 is 19.7 Å². The number of fused-ring (bicyclic) bond motifs is 2. The highest BCUT2D eigenvalue weighted by Crippen LogP contribution is 2.49. The van der Waals surface area contributed by atoms with E-state index in [1.807, 2.05) is 24.5 Å². The topological polar surface area (TPSA) is 76.6 Å². The second-order valence-corrected chi connectivity index (χ2v) is 9.30. The number of carbonyl (C=O) groups is 1. The number of ether oxygens (including phenoxy) is 2. The van der Waals surface area contributed by atoms with Gasteiger partial charge in [-0.2, -0.15) is 0 Å². The summed E-state index contributed by atoms with van der Waals surface area (Å²) >= 11 is 0. The van der Waals surface area contributed by atoms with Gasteiger partial charge in [-0.15, -0.1) is 0 Å². The molecule has 164 valence electrons. The van der Waals surface area contributed by atoms with E-state index in [1.165, 1.54) is 12.8 Å². The highest BCUT2D eigenvalue weighted by Gasteiger charge is 2.49. The maximum atomic E-state index is 13.1. The molecule has 0 bridgehead atoms. The zero-order valence-corrected chi connectivity index (χ0v) is 18.5. The summed E-state index contributed by atoms with van der Waals surface area (Å²) in [6.07, 6.45) is 7.70. The molecule has 0 unspecified atom stereocenters. The van der Waals surface area contributed by atoms with Gasteiger partial charge in [0.1, 0.15) is 0 Å². The third-order valence-corrected chi connectivity index (χ3v) is 6.90. The van der Waals surface area contributed by atoms with E-state index in [0.717, 1.165) is 35.9 Å². The monoisotopic (exact) mass is 422 g/mol. The molecule has 1 aromatic carbocycles. The number of anilines is 2. The Bertz CT molecular complexity index is 977. The Morgan fingerprint density at radius 1 is 1.16 bits per heavy atom. The van der Waals surface area contributed by atoms with Crippen LogP contribution in [0.25, 0.3) is 0 Å². The minimum Gasteiger partial charge on any atom is -0.493 e. The van der Waals surface area contributed by atoms with Gasteiger partial charge in [0.15, 0.2) is 11.5 Å². The fourth-order valence-electron chi connectivity index (χ4n) is 4.57. The number of hydrogen-bond acceptors (Lipinski definition) is 6. The lowest BCUT2D eigenvalue weighted by atomic mass is 9.73. The number of benzene rings is 1. The van der Waals surface area contributed by atoms with Crippen molar-refractivity contribution in [1.82, 2.24) is 9.97 Å². The van der Waals surface area contributed by atoms with Gasteiger partial charge >= 0.3 is 0 Å². The van der Waals surface area contributed by atoms with E-state index in [2.05, 4.69) is 34.0 Å². The Morgan fingerprint density at radius 3 is 2.48 bits per heavy atom. The van der Waals surface area contributed by atoms with Crippen molar-refractivity contribution in [2.75, 3.05) is 37.0 Å². The van der Waals surface area contributed by atoms with Gasteiger partial charge in [0.05, 0.1) is 19.1 Å². The zero-order chi connectivity index (χ0) is 21.6. The van der Waals surface area contributed by atoms with E-state index < -0.39 is 5.41 Å². The molecule has 3 aliphatic rings. The largest absolute Gasteiger partial charge is 0.493 e. The van der Waals surface area contributed by atoms with Gasteiger partial charge in [-0.25, -0.2) is 9.97 Å². The van der Waals surface area contributed by atoms with Gasteiger partial charge in [0.25, 0.3) is 0 Å². The highest BCUT2D eigenvalue weighted by molar-refractivity contribution is 6.07. The van der Waals surface area contributed by atoms with Crippen molar-refractivity contribution < 1.29 is 14.3 Å². The highest BCUT2D eigenvalue weighted by atomic mass is 16.5. The number of nitrogens with one attached hydrogen (secondary N) is 1. The van der Waals surface area contributed by atoms with Crippen LogP contribution in [-0.4, -0.2) is 42.7 Å². The van der Waals surface area contributed by atoms with E-state index in [1.54, 1.807) is 7.11 Å². The van der Waals surface area contributed by atoms with Crippen LogP contribution in [0.2, 0.25) is 0 Å². The molecular weight excluding hydrogens is 392 g/mol. The molecule has 1 aliphatic carbocycles. The second-order valence-electron chi connectivity index (χ2n) is 9.30. The molecule has 1 saturated heterocycles. The second kappa shape index (κ2) is 7.70. The average Bonchev–Trinajstić information content (AvgIpc) is 3.58. The number of amides is 1. The zero-order valence-electron chi connectivity index (χ0n) is 18.5. The number of piperidine rings is 1. The predicted octanol–water partition coefficient (Wildman–Crippen LogP) is 3.89. The van der Waals surface area contributed by atoms with Crippen LogP contribution in [-0.2, 0) is 10.2 Å². The van der Waals surface area contributed by atoms with Crippen molar-refractivity contribution in [3.63, 3.8) is 0 Å². The maximum Gasteiger partial charge on any atom is 0.235 e. The van der Waals surface area contributed by atoms with Crippen molar-refractivity contribution >= 4 is 17.5 Å². The molecule has 1 amide bonds. The van der Waals surface area contributed by atoms with Crippen LogP contribution in [0.3, 0.4) is 0 Å². The number of aromatic nitrogens is 2. The van der Waals surface area contributed by atoms with E-state index in [4.69, 9.17) is 9.47 Å². The van der Waals surface area contributed by atoms with Gasteiger partial charge in [-0.05, 0) is 54.7 Å². The number of hydrogen-bond donors (Lipinski definition) is 1. The van der Waals surface area contributed by atoms with Gasteiger partial charge in [-0.3, -0.25) is 4.79 Å². The third-order valence-electron chi connectivity index (χ3n) is 6.90. The van der Waals surface area contributed by atoms with Gasteiger partial charge in [0, 0.05) is 37.2 Å². The van der Waals surface area contributed by atoms with Crippen LogP contribution >= 0.6 is 0 Å². The summed E-state index contributed by atoms with van der Waals surface area (Å²) in [5.41, 5.74) is 2.46. The molecule has 31 heavy (non-hydrogen) atoms. The minimum absolute atomic E-state index is 0.0691. The molecule has 1 aromatic heterocycles. The first-order valence-electron chi connectivity index (χ1n) is 11.2. The smallest absolute Gasteiger partial charge is 0.235 e. The molecule has 7 nitrogen and oxygen atoms in total. The number of nitrogens with zero attached hydrogens (tertiary/aromatic N) is 3. The molecule has 1 N–H and O–H groups in total. The van der Waals surface area contributed by atoms with Gasteiger partial charge < -0.3 is 19.7 Å². The lowest BCUT2D eigenvalue weighted by Gasteiger charge is -2.38. The molecule has 2 aliphatic heterocycles. The van der Waals surface area contributed by atoms with Gasteiger partial charge in [0.2, 0.25) is 11.9 Å². The molecule has 3 heterocycles. The van der Waals surface area contributed by atoms with Crippen molar-refractivity contribution in [2.24, 2.45) is 5.92 Å². The Kier molecular flexibility index (Phi) is 4.99. The predicted molar refractivity (Wildman–Crippen MR) is 119 cm³/mol. The molecule has 0 radical (unpaired) electrons. The summed E-state index contributed by atoms with van der Waals surface area (Å²) in [6, 6.07) is 3.93. The van der Waals surface area contributed by atoms with E-state index >= 15 is 0 Å². The minimum atomic E-state index is -0.536. The first-order chi connectivity index (χ1) is 15.0. The molecule has 5 rings (SSSR count). The number of methoxy groups -OCH3 is 1. The summed E-state index contributed by atoms with van der Waals surface area (Å²) in [6.45, 7) is 6.44. The van der Waals surface area contributed by atoms with E-state index in [-0.39, 0.29) is 5.91 Å². The molecule has 1 saturated carbocycles. The first kappa shape index (κ1) is 20.1. The summed E-state index contributed by atoms with van der Waals surface area (Å²) in [7, 11) is 1.66. The summed E-state index contributed by atoms with van der Waals surface area (Å²) in [4.78, 5) is 24.4. The Balaban J connectivity index is 1.36. The molecule has 1 spiro atoms. The number of rotatable bonds is 6. The average molecular weight is 423 g/mol. The summed E-state index contributed by atoms with van der Waals surface area (Å²) < 4.78 is 11.6. The van der Waals surface area contributed by atoms with E-state index in [0.29, 0.717) is 42.8 Å². The third kappa shape index (κ3) is 3.60. The van der Waals surface area contributed by atoms with Crippen LogP contribution in [0.15, 0.2) is 24.5 Å². The van der Waals surface area contributed by atoms with Crippen LogP contribution in [0, 0.1) is 5.92 Å². The lowest BCUT2D eigenvalue weighted by Crippen LogP contribution is -2.47. The molecular formula is C24H30N4O3. The molecule has 2 aromatic rings. The number of carbonyl (C=O) groups excluding carboxylic acids is 1. The fourth-order valence-corrected chi connectivity index (χ4v) is 4.57. The van der Waals surface area contributed by atoms with Crippen molar-refractivity contribution in [2.45, 2.75) is 50.9 Å². The van der Waals surface area contributed by atoms with Crippen molar-refractivity contribution in [3.05, 3.63) is 35.7 Å². The molecule has 0 atom stereocenters. The fraction of sp³-hybridized carbons (Fsp3) is 0.542. The molecule has 7 heteroatoms. The van der Waals surface area contributed by atoms with E-state index in [9.17, 15) is 4.79 Å². The van der Waals surface area contributed by atoms with Crippen molar-refractivity contribution in [1.29, 1.82) is 0 Å². The lowest BCUT2D eigenvalue weighted by molar-refractivity contribution is -0.121. The quantitative estimate of drug-likeness (QED) is 0.761. The summed E-state index contributed by atoms with van der Waals surface area (Å²) in [5.74, 6) is 3.27. The first-order valence-corrected chi connectivity index (χ1v) is 11.2.